The first-order valence-corrected chi connectivity index (χ1v) is 4.44. The summed E-state index contributed by atoms with van der Waals surface area (Å²) in [7, 11) is 0. The van der Waals surface area contributed by atoms with E-state index >= 15 is 0 Å². The van der Waals surface area contributed by atoms with Crippen molar-refractivity contribution in [3.63, 3.8) is 0 Å². The molecule has 0 aliphatic carbocycles. The molecule has 5 heteroatoms. The molecule has 0 fully saturated rings. The molecule has 0 rings (SSSR count). The van der Waals surface area contributed by atoms with Gasteiger partial charge in [-0.2, -0.15) is 0 Å². The second-order valence-corrected chi connectivity index (χ2v) is 2.29. The molecule has 0 radical (unpaired) electrons. The molecule has 0 aromatic rings. The summed E-state index contributed by atoms with van der Waals surface area (Å²) >= 11 is 0. The van der Waals surface area contributed by atoms with Gasteiger partial charge in [0.1, 0.15) is 13.2 Å². The Kier molecular flexibility index (Phi) is 7.76. The van der Waals surface area contributed by atoms with Crippen LogP contribution in [0.25, 0.3) is 0 Å². The summed E-state index contributed by atoms with van der Waals surface area (Å²) in [6, 6.07) is 0. The Labute approximate surface area is 88.3 Å². The Balaban J connectivity index is 3.63. The lowest BCUT2D eigenvalue weighted by molar-refractivity contribution is -0.140. The van der Waals surface area contributed by atoms with Crippen molar-refractivity contribution in [1.82, 2.24) is 0 Å². The average Bonchev–Trinajstić information content (AvgIpc) is 2.22. The van der Waals surface area contributed by atoms with Crippen LogP contribution in [-0.2, 0) is 23.8 Å². The first-order chi connectivity index (χ1) is 7.20. The normalized spacial score (nSPS) is 9.67. The minimum Gasteiger partial charge on any atom is -0.498 e. The van der Waals surface area contributed by atoms with Crippen LogP contribution in [-0.4, -0.2) is 31.8 Å². The molecule has 0 aliphatic heterocycles. The largest absolute Gasteiger partial charge is 0.498 e. The topological polar surface area (TPSA) is 61.8 Å². The van der Waals surface area contributed by atoms with Crippen LogP contribution in [0.2, 0.25) is 0 Å². The van der Waals surface area contributed by atoms with Crippen molar-refractivity contribution in [1.29, 1.82) is 0 Å². The fourth-order valence-corrected chi connectivity index (χ4v) is 0.648. The second-order valence-electron chi connectivity index (χ2n) is 2.29. The van der Waals surface area contributed by atoms with E-state index in [2.05, 4.69) is 16.1 Å². The minimum absolute atomic E-state index is 0.109. The molecule has 0 aromatic carbocycles. The van der Waals surface area contributed by atoms with Crippen molar-refractivity contribution in [2.45, 2.75) is 6.92 Å². The molecular formula is C10H14O5. The van der Waals surface area contributed by atoms with Crippen molar-refractivity contribution >= 4 is 11.9 Å². The number of rotatable bonds is 7. The molecule has 0 amide bonds. The van der Waals surface area contributed by atoms with E-state index in [1.54, 1.807) is 6.92 Å². The number of carbonyl (C=O) groups excluding carboxylic acids is 2. The summed E-state index contributed by atoms with van der Waals surface area (Å²) in [5.74, 6) is -1.19. The number of ether oxygens (including phenoxy) is 3. The van der Waals surface area contributed by atoms with Gasteiger partial charge in [-0.1, -0.05) is 6.58 Å². The highest BCUT2D eigenvalue weighted by molar-refractivity contribution is 5.91. The van der Waals surface area contributed by atoms with Gasteiger partial charge in [-0.15, -0.1) is 0 Å². The maximum absolute atomic E-state index is 10.9. The van der Waals surface area contributed by atoms with Gasteiger partial charge in [0, 0.05) is 12.2 Å². The number of hydrogen-bond acceptors (Lipinski definition) is 5. The Morgan fingerprint density at radius 2 is 1.73 bits per heavy atom. The summed E-state index contributed by atoms with van der Waals surface area (Å²) in [5.41, 5.74) is 0. The monoisotopic (exact) mass is 214 g/mol. The van der Waals surface area contributed by atoms with Crippen molar-refractivity contribution < 1.29 is 23.8 Å². The van der Waals surface area contributed by atoms with Gasteiger partial charge in [0.25, 0.3) is 0 Å². The summed E-state index contributed by atoms with van der Waals surface area (Å²) in [5, 5.41) is 0. The molecule has 5 nitrogen and oxygen atoms in total. The van der Waals surface area contributed by atoms with E-state index in [-0.39, 0.29) is 19.8 Å². The Hall–Kier alpha value is -1.78. The molecule has 0 saturated heterocycles. The molecule has 0 heterocycles. The molecule has 0 saturated carbocycles. The molecule has 15 heavy (non-hydrogen) atoms. The van der Waals surface area contributed by atoms with Gasteiger partial charge in [-0.05, 0) is 6.92 Å². The SMILES string of the molecule is C=COCCOC(=O)/C=C/C(=O)OCC. The smallest absolute Gasteiger partial charge is 0.331 e. The van der Waals surface area contributed by atoms with Crippen LogP contribution in [0.3, 0.4) is 0 Å². The first kappa shape index (κ1) is 13.2. The van der Waals surface area contributed by atoms with E-state index in [0.717, 1.165) is 12.2 Å². The summed E-state index contributed by atoms with van der Waals surface area (Å²) in [6.45, 7) is 5.61. The predicted octanol–water partition coefficient (Wildman–Crippen LogP) is 0.809. The lowest BCUT2D eigenvalue weighted by Crippen LogP contribution is -2.08. The van der Waals surface area contributed by atoms with Crippen LogP contribution in [0.1, 0.15) is 6.92 Å². The van der Waals surface area contributed by atoms with Crippen molar-refractivity contribution in [3.05, 3.63) is 25.0 Å². The van der Waals surface area contributed by atoms with Gasteiger partial charge in [0.15, 0.2) is 0 Å². The highest BCUT2D eigenvalue weighted by Crippen LogP contribution is 1.86. The zero-order chi connectivity index (χ0) is 11.5. The van der Waals surface area contributed by atoms with E-state index in [9.17, 15) is 9.59 Å². The van der Waals surface area contributed by atoms with E-state index < -0.39 is 11.9 Å². The summed E-state index contributed by atoms with van der Waals surface area (Å²) in [4.78, 5) is 21.7. The van der Waals surface area contributed by atoms with E-state index in [1.807, 2.05) is 0 Å². The van der Waals surface area contributed by atoms with Gasteiger partial charge in [-0.3, -0.25) is 0 Å². The average molecular weight is 214 g/mol. The number of hydrogen-bond donors (Lipinski definition) is 0. The van der Waals surface area contributed by atoms with Crippen LogP contribution >= 0.6 is 0 Å². The van der Waals surface area contributed by atoms with Gasteiger partial charge < -0.3 is 14.2 Å². The Morgan fingerprint density at radius 1 is 1.13 bits per heavy atom. The highest BCUT2D eigenvalue weighted by atomic mass is 16.6. The minimum atomic E-state index is -0.615. The molecule has 0 spiro atoms. The summed E-state index contributed by atoms with van der Waals surface area (Å²) < 4.78 is 13.9. The van der Waals surface area contributed by atoms with Gasteiger partial charge in [-0.25, -0.2) is 9.59 Å². The quantitative estimate of drug-likeness (QED) is 0.271. The zero-order valence-electron chi connectivity index (χ0n) is 8.60. The van der Waals surface area contributed by atoms with E-state index in [1.165, 1.54) is 6.26 Å². The van der Waals surface area contributed by atoms with Gasteiger partial charge >= 0.3 is 11.9 Å². The van der Waals surface area contributed by atoms with Crippen LogP contribution < -0.4 is 0 Å². The number of carbonyl (C=O) groups is 2. The van der Waals surface area contributed by atoms with Gasteiger partial charge in [0.2, 0.25) is 0 Å². The molecule has 0 unspecified atom stereocenters. The Bertz CT molecular complexity index is 244. The number of esters is 2. The molecule has 0 aliphatic rings. The fourth-order valence-electron chi connectivity index (χ4n) is 0.648. The maximum atomic E-state index is 10.9. The first-order valence-electron chi connectivity index (χ1n) is 4.44. The molecule has 84 valence electrons. The fraction of sp³-hybridized carbons (Fsp3) is 0.400. The highest BCUT2D eigenvalue weighted by Gasteiger charge is 1.99. The third-order valence-electron chi connectivity index (χ3n) is 1.21. The van der Waals surface area contributed by atoms with Crippen LogP contribution in [0.5, 0.6) is 0 Å². The molecule has 0 N–H and O–H groups in total. The van der Waals surface area contributed by atoms with Crippen LogP contribution in [0.15, 0.2) is 25.0 Å². The zero-order valence-corrected chi connectivity index (χ0v) is 8.60. The molecule has 0 atom stereocenters. The van der Waals surface area contributed by atoms with Crippen LogP contribution in [0.4, 0.5) is 0 Å². The van der Waals surface area contributed by atoms with Crippen molar-refractivity contribution in [3.8, 4) is 0 Å². The van der Waals surface area contributed by atoms with Crippen molar-refractivity contribution in [2.75, 3.05) is 19.8 Å². The molecule has 0 bridgehead atoms. The van der Waals surface area contributed by atoms with E-state index in [0.29, 0.717) is 0 Å². The lowest BCUT2D eigenvalue weighted by Gasteiger charge is -2.00. The molecular weight excluding hydrogens is 200 g/mol. The van der Waals surface area contributed by atoms with Crippen molar-refractivity contribution in [2.24, 2.45) is 0 Å². The lowest BCUT2D eigenvalue weighted by atomic mass is 10.5. The third-order valence-corrected chi connectivity index (χ3v) is 1.21. The summed E-state index contributed by atoms with van der Waals surface area (Å²) in [6.07, 6.45) is 3.27. The van der Waals surface area contributed by atoms with E-state index in [4.69, 9.17) is 4.74 Å². The Morgan fingerprint density at radius 3 is 2.27 bits per heavy atom. The second kappa shape index (κ2) is 8.80. The third kappa shape index (κ3) is 8.55. The van der Waals surface area contributed by atoms with Crippen LogP contribution in [0, 0.1) is 0 Å². The maximum Gasteiger partial charge on any atom is 0.331 e. The molecule has 0 aromatic heterocycles. The van der Waals surface area contributed by atoms with Gasteiger partial charge in [0.05, 0.1) is 12.9 Å². The standard InChI is InChI=1S/C10H14O5/c1-3-13-7-8-15-10(12)6-5-9(11)14-4-2/h3,5-6H,1,4,7-8H2,2H3/b6-5+. The predicted molar refractivity (Wildman–Crippen MR) is 52.9 cm³/mol.